The Labute approximate surface area is 186 Å². The number of carbonyl (C=O) groups excluding carboxylic acids is 2. The van der Waals surface area contributed by atoms with E-state index in [2.05, 4.69) is 20.9 Å². The van der Waals surface area contributed by atoms with Crippen molar-refractivity contribution < 1.29 is 28.2 Å². The number of rotatable bonds is 6. The summed E-state index contributed by atoms with van der Waals surface area (Å²) in [6.45, 7) is 0. The Morgan fingerprint density at radius 3 is 1.68 bits per heavy atom. The van der Waals surface area contributed by atoms with Crippen LogP contribution in [0.15, 0.2) is 59.1 Å². The van der Waals surface area contributed by atoms with Crippen molar-refractivity contribution in [3.8, 4) is 17.4 Å². The van der Waals surface area contributed by atoms with Crippen LogP contribution in [-0.2, 0) is 0 Å². The SMILES string of the molecule is COc1ccc(C(=O)N(C(=O)c2ccc(OC)cc2)c2nc(OC)c(Br)cc2F)cc1. The molecule has 0 aliphatic heterocycles. The molecule has 7 nitrogen and oxygen atoms in total. The normalized spacial score (nSPS) is 10.4. The van der Waals surface area contributed by atoms with Gasteiger partial charge >= 0.3 is 0 Å². The van der Waals surface area contributed by atoms with Crippen LogP contribution in [0.2, 0.25) is 0 Å². The van der Waals surface area contributed by atoms with Crippen LogP contribution in [0.3, 0.4) is 0 Å². The van der Waals surface area contributed by atoms with Crippen molar-refractivity contribution in [2.75, 3.05) is 26.2 Å². The molecule has 0 spiro atoms. The number of ether oxygens (including phenoxy) is 3. The highest BCUT2D eigenvalue weighted by atomic mass is 79.9. The number of amides is 2. The Morgan fingerprint density at radius 1 is 0.839 bits per heavy atom. The first kappa shape index (κ1) is 22.2. The van der Waals surface area contributed by atoms with E-state index in [1.807, 2.05) is 0 Å². The van der Waals surface area contributed by atoms with E-state index in [0.717, 1.165) is 6.07 Å². The summed E-state index contributed by atoms with van der Waals surface area (Å²) in [5.74, 6) is -1.82. The molecule has 2 amide bonds. The number of methoxy groups -OCH3 is 3. The molecular weight excluding hydrogens is 471 g/mol. The van der Waals surface area contributed by atoms with Gasteiger partial charge in [0, 0.05) is 11.1 Å². The molecule has 0 atom stereocenters. The highest BCUT2D eigenvalue weighted by molar-refractivity contribution is 9.10. The second-order valence-corrected chi connectivity index (χ2v) is 7.04. The van der Waals surface area contributed by atoms with Crippen molar-refractivity contribution in [2.45, 2.75) is 0 Å². The number of benzene rings is 2. The molecule has 1 heterocycles. The molecule has 0 saturated carbocycles. The summed E-state index contributed by atoms with van der Waals surface area (Å²) in [4.78, 5) is 31.3. The second kappa shape index (κ2) is 9.57. The van der Waals surface area contributed by atoms with Crippen molar-refractivity contribution >= 4 is 33.6 Å². The molecule has 2 aromatic carbocycles. The lowest BCUT2D eigenvalue weighted by atomic mass is 10.1. The van der Waals surface area contributed by atoms with Crippen molar-refractivity contribution in [1.29, 1.82) is 0 Å². The third-order valence-electron chi connectivity index (χ3n) is 4.36. The number of hydrogen-bond donors (Lipinski definition) is 0. The molecule has 0 radical (unpaired) electrons. The highest BCUT2D eigenvalue weighted by Gasteiger charge is 2.31. The number of pyridine rings is 1. The Morgan fingerprint density at radius 2 is 1.29 bits per heavy atom. The first-order valence-corrected chi connectivity index (χ1v) is 9.75. The summed E-state index contributed by atoms with van der Waals surface area (Å²) in [7, 11) is 4.32. The molecule has 1 aromatic heterocycles. The first-order valence-electron chi connectivity index (χ1n) is 8.96. The quantitative estimate of drug-likeness (QED) is 0.475. The standard InChI is InChI=1S/C22H18BrFN2O5/c1-29-15-8-4-13(5-9-15)21(27)26(19-18(24)12-17(23)20(25-19)31-3)22(28)14-6-10-16(30-2)11-7-14/h4-12H,1-3H3. The number of aromatic nitrogens is 1. The molecule has 9 heteroatoms. The molecule has 0 saturated heterocycles. The van der Waals surface area contributed by atoms with Crippen molar-refractivity contribution in [3.05, 3.63) is 76.0 Å². The molecule has 0 fully saturated rings. The van der Waals surface area contributed by atoms with Crippen LogP contribution in [0.1, 0.15) is 20.7 Å². The zero-order chi connectivity index (χ0) is 22.5. The van der Waals surface area contributed by atoms with Gasteiger partial charge in [-0.15, -0.1) is 0 Å². The lowest BCUT2D eigenvalue weighted by molar-refractivity contribution is 0.0895. The van der Waals surface area contributed by atoms with E-state index < -0.39 is 23.4 Å². The average molecular weight is 489 g/mol. The van der Waals surface area contributed by atoms with E-state index in [4.69, 9.17) is 14.2 Å². The van der Waals surface area contributed by atoms with Gasteiger partial charge in [0.25, 0.3) is 11.8 Å². The van der Waals surface area contributed by atoms with Crippen LogP contribution < -0.4 is 19.1 Å². The minimum atomic E-state index is -0.878. The fraction of sp³-hybridized carbons (Fsp3) is 0.136. The molecule has 0 N–H and O–H groups in total. The van der Waals surface area contributed by atoms with E-state index >= 15 is 0 Å². The first-order chi connectivity index (χ1) is 14.9. The van der Waals surface area contributed by atoms with Gasteiger partial charge in [-0.25, -0.2) is 9.29 Å². The zero-order valence-electron chi connectivity index (χ0n) is 16.9. The molecule has 3 aromatic rings. The van der Waals surface area contributed by atoms with Gasteiger partial charge in [0.1, 0.15) is 11.5 Å². The van der Waals surface area contributed by atoms with Crippen LogP contribution in [0.25, 0.3) is 0 Å². The number of nitrogens with zero attached hydrogens (tertiary/aromatic N) is 2. The molecule has 0 unspecified atom stereocenters. The Bertz CT molecular complexity index is 1040. The number of hydrogen-bond acceptors (Lipinski definition) is 6. The lowest BCUT2D eigenvalue weighted by Crippen LogP contribution is -2.38. The van der Waals surface area contributed by atoms with E-state index in [9.17, 15) is 14.0 Å². The topological polar surface area (TPSA) is 78.0 Å². The van der Waals surface area contributed by atoms with Gasteiger partial charge in [-0.2, -0.15) is 4.98 Å². The summed E-state index contributed by atoms with van der Waals surface area (Å²) in [5.41, 5.74) is 0.288. The maximum atomic E-state index is 14.9. The number of imide groups is 1. The van der Waals surface area contributed by atoms with Crippen LogP contribution in [0.4, 0.5) is 10.2 Å². The summed E-state index contributed by atoms with van der Waals surface area (Å²) in [6, 6.07) is 13.2. The predicted molar refractivity (Wildman–Crippen MR) is 116 cm³/mol. The van der Waals surface area contributed by atoms with Gasteiger partial charge in [0.05, 0.1) is 25.8 Å². The zero-order valence-corrected chi connectivity index (χ0v) is 18.5. The Kier molecular flexibility index (Phi) is 6.86. The van der Waals surface area contributed by atoms with E-state index in [1.165, 1.54) is 45.6 Å². The van der Waals surface area contributed by atoms with Crippen LogP contribution >= 0.6 is 15.9 Å². The van der Waals surface area contributed by atoms with Crippen LogP contribution in [0, 0.1) is 5.82 Å². The molecule has 0 bridgehead atoms. The van der Waals surface area contributed by atoms with Gasteiger partial charge in [-0.1, -0.05) is 0 Å². The third-order valence-corrected chi connectivity index (χ3v) is 4.93. The molecule has 0 aliphatic carbocycles. The number of anilines is 1. The van der Waals surface area contributed by atoms with Crippen LogP contribution in [-0.4, -0.2) is 38.1 Å². The smallest absolute Gasteiger partial charge is 0.266 e. The maximum Gasteiger partial charge on any atom is 0.266 e. The monoisotopic (exact) mass is 488 g/mol. The fourth-order valence-electron chi connectivity index (χ4n) is 2.75. The molecule has 0 aliphatic rings. The minimum Gasteiger partial charge on any atom is -0.497 e. The van der Waals surface area contributed by atoms with Gasteiger partial charge in [0.2, 0.25) is 5.88 Å². The summed E-state index contributed by atoms with van der Waals surface area (Å²) in [5, 5.41) is 0. The predicted octanol–water partition coefficient (Wildman–Crippen LogP) is 4.50. The molecule has 160 valence electrons. The van der Waals surface area contributed by atoms with Gasteiger partial charge in [0.15, 0.2) is 11.6 Å². The van der Waals surface area contributed by atoms with Crippen molar-refractivity contribution in [3.63, 3.8) is 0 Å². The van der Waals surface area contributed by atoms with Gasteiger partial charge in [-0.05, 0) is 70.5 Å². The molecule has 31 heavy (non-hydrogen) atoms. The van der Waals surface area contributed by atoms with E-state index in [0.29, 0.717) is 16.4 Å². The summed E-state index contributed by atoms with van der Waals surface area (Å²) < 4.78 is 30.4. The molecule has 3 rings (SSSR count). The highest BCUT2D eigenvalue weighted by Crippen LogP contribution is 2.31. The summed E-state index contributed by atoms with van der Waals surface area (Å²) in [6.07, 6.45) is 0. The third kappa shape index (κ3) is 4.66. The Balaban J connectivity index is 2.12. The van der Waals surface area contributed by atoms with Gasteiger partial charge < -0.3 is 14.2 Å². The maximum absolute atomic E-state index is 14.9. The fourth-order valence-corrected chi connectivity index (χ4v) is 3.20. The van der Waals surface area contributed by atoms with Crippen LogP contribution in [0.5, 0.6) is 17.4 Å². The van der Waals surface area contributed by atoms with E-state index in [1.54, 1.807) is 24.3 Å². The second-order valence-electron chi connectivity index (χ2n) is 6.19. The minimum absolute atomic E-state index is 0.0199. The number of carbonyl (C=O) groups is 2. The largest absolute Gasteiger partial charge is 0.497 e. The number of halogens is 2. The van der Waals surface area contributed by atoms with Crippen molar-refractivity contribution in [2.24, 2.45) is 0 Å². The van der Waals surface area contributed by atoms with Crippen molar-refractivity contribution in [1.82, 2.24) is 4.98 Å². The lowest BCUT2D eigenvalue weighted by Gasteiger charge is -2.21. The van der Waals surface area contributed by atoms with Gasteiger partial charge in [-0.3, -0.25) is 9.59 Å². The molecular formula is C22H18BrFN2O5. The average Bonchev–Trinajstić information content (AvgIpc) is 2.80. The summed E-state index contributed by atoms with van der Waals surface area (Å²) >= 11 is 3.14. The van der Waals surface area contributed by atoms with E-state index in [-0.39, 0.29) is 21.5 Å². The Hall–Kier alpha value is -3.46.